The van der Waals surface area contributed by atoms with Gasteiger partial charge < -0.3 is 9.97 Å². The smallest absolute Gasteiger partial charge is 0.306 e. The number of hydrogen-bond acceptors (Lipinski definition) is 3. The number of anilines is 1. The Bertz CT molecular complexity index is 1030. The zero-order valence-corrected chi connectivity index (χ0v) is 13.6. The van der Waals surface area contributed by atoms with Crippen LogP contribution in [0, 0.1) is 6.92 Å². The summed E-state index contributed by atoms with van der Waals surface area (Å²) in [4.78, 5) is 16.5. The van der Waals surface area contributed by atoms with Crippen molar-refractivity contribution in [1.29, 1.82) is 0 Å². The van der Waals surface area contributed by atoms with Crippen LogP contribution in [-0.4, -0.2) is 18.4 Å². The number of aromatic nitrogens is 2. The number of nitrogens with one attached hydrogen (secondary N) is 3. The molecule has 3 N–H and O–H groups in total. The van der Waals surface area contributed by atoms with Gasteiger partial charge in [0, 0.05) is 0 Å². The molecule has 0 saturated carbocycles. The van der Waals surface area contributed by atoms with Gasteiger partial charge in [-0.25, -0.2) is 13.2 Å². The fourth-order valence-corrected chi connectivity index (χ4v) is 3.53. The highest BCUT2D eigenvalue weighted by Crippen LogP contribution is 2.22. The third-order valence-corrected chi connectivity index (χ3v) is 5.12. The fourth-order valence-electron chi connectivity index (χ4n) is 2.38. The van der Waals surface area contributed by atoms with E-state index in [1.165, 1.54) is 12.1 Å². The molecule has 3 aromatic rings. The van der Waals surface area contributed by atoms with Gasteiger partial charge in [-0.05, 0) is 48.7 Å². The molecule has 0 atom stereocenters. The second kappa shape index (κ2) is 5.58. The molecular weight excluding hydrogens is 314 g/mol. The molecule has 0 fully saturated rings. The Hall–Kier alpha value is -2.54. The van der Waals surface area contributed by atoms with E-state index in [0.29, 0.717) is 16.7 Å². The van der Waals surface area contributed by atoms with Crippen LogP contribution in [0.15, 0.2) is 46.1 Å². The van der Waals surface area contributed by atoms with Crippen molar-refractivity contribution < 1.29 is 8.42 Å². The maximum Gasteiger partial charge on any atom is 0.323 e. The zero-order chi connectivity index (χ0) is 16.6. The van der Waals surface area contributed by atoms with Crippen LogP contribution in [-0.2, 0) is 16.4 Å². The lowest BCUT2D eigenvalue weighted by molar-refractivity contribution is 0.601. The Morgan fingerprint density at radius 2 is 1.78 bits per heavy atom. The van der Waals surface area contributed by atoms with Crippen LogP contribution in [0.25, 0.3) is 11.0 Å². The minimum Gasteiger partial charge on any atom is -0.306 e. The van der Waals surface area contributed by atoms with E-state index >= 15 is 0 Å². The molecule has 0 saturated heterocycles. The standard InChI is InChI=1S/C16H17N3O3S/c1-3-11-5-4-10(2)14(8-11)19-23(21,22)12-6-7-13-15(9-12)18-16(20)17-13/h4-9,19H,3H2,1-2H3,(H2,17,18,20). The first kappa shape index (κ1) is 15.4. The summed E-state index contributed by atoms with van der Waals surface area (Å²) < 4.78 is 27.8. The molecule has 0 amide bonds. The third-order valence-electron chi connectivity index (χ3n) is 3.75. The summed E-state index contributed by atoms with van der Waals surface area (Å²) in [5.74, 6) is 0. The molecule has 0 unspecified atom stereocenters. The predicted octanol–water partition coefficient (Wildman–Crippen LogP) is 2.53. The number of rotatable bonds is 4. The number of aryl methyl sites for hydroxylation is 2. The molecule has 0 bridgehead atoms. The van der Waals surface area contributed by atoms with Crippen LogP contribution in [0.4, 0.5) is 5.69 Å². The van der Waals surface area contributed by atoms with Crippen LogP contribution < -0.4 is 10.4 Å². The first-order valence-corrected chi connectivity index (χ1v) is 8.72. The minimum atomic E-state index is -3.73. The lowest BCUT2D eigenvalue weighted by Gasteiger charge is -2.12. The molecular formula is C16H17N3O3S. The zero-order valence-electron chi connectivity index (χ0n) is 12.8. The van der Waals surface area contributed by atoms with E-state index in [4.69, 9.17) is 0 Å². The Morgan fingerprint density at radius 3 is 2.52 bits per heavy atom. The maximum absolute atomic E-state index is 12.6. The molecule has 1 aromatic heterocycles. The Kier molecular flexibility index (Phi) is 3.73. The van der Waals surface area contributed by atoms with Crippen LogP contribution >= 0.6 is 0 Å². The van der Waals surface area contributed by atoms with Gasteiger partial charge in [-0.2, -0.15) is 0 Å². The lowest BCUT2D eigenvalue weighted by Crippen LogP contribution is -2.14. The van der Waals surface area contributed by atoms with Gasteiger partial charge in [0.1, 0.15) is 0 Å². The number of sulfonamides is 1. The van der Waals surface area contributed by atoms with Crippen LogP contribution in [0.5, 0.6) is 0 Å². The number of aromatic amines is 2. The summed E-state index contributed by atoms with van der Waals surface area (Å²) in [6, 6.07) is 10.2. The van der Waals surface area contributed by atoms with E-state index in [0.717, 1.165) is 17.5 Å². The van der Waals surface area contributed by atoms with Crippen molar-refractivity contribution in [1.82, 2.24) is 9.97 Å². The van der Waals surface area contributed by atoms with Crippen LogP contribution in [0.1, 0.15) is 18.1 Å². The van der Waals surface area contributed by atoms with Gasteiger partial charge in [0.15, 0.2) is 0 Å². The first-order chi connectivity index (χ1) is 10.9. The van der Waals surface area contributed by atoms with Crippen LogP contribution in [0.3, 0.4) is 0 Å². The second-order valence-electron chi connectivity index (χ2n) is 5.39. The van der Waals surface area contributed by atoms with Crippen molar-refractivity contribution in [3.05, 3.63) is 58.0 Å². The second-order valence-corrected chi connectivity index (χ2v) is 7.08. The quantitative estimate of drug-likeness (QED) is 0.685. The Morgan fingerprint density at radius 1 is 1.04 bits per heavy atom. The average Bonchev–Trinajstić information content (AvgIpc) is 2.88. The van der Waals surface area contributed by atoms with Gasteiger partial charge in [0.25, 0.3) is 10.0 Å². The summed E-state index contributed by atoms with van der Waals surface area (Å²) in [6.07, 6.45) is 0.825. The van der Waals surface area contributed by atoms with E-state index in [1.54, 1.807) is 6.07 Å². The lowest BCUT2D eigenvalue weighted by atomic mass is 10.1. The van der Waals surface area contributed by atoms with Gasteiger partial charge in [-0.3, -0.25) is 4.72 Å². The highest BCUT2D eigenvalue weighted by molar-refractivity contribution is 7.92. The normalized spacial score (nSPS) is 11.7. The topological polar surface area (TPSA) is 94.8 Å². The molecule has 7 heteroatoms. The minimum absolute atomic E-state index is 0.0987. The third kappa shape index (κ3) is 3.00. The number of H-pyrrole nitrogens is 2. The van der Waals surface area contributed by atoms with E-state index < -0.39 is 10.0 Å². The molecule has 120 valence electrons. The van der Waals surface area contributed by atoms with Gasteiger partial charge in [-0.1, -0.05) is 19.1 Å². The fraction of sp³-hybridized carbons (Fsp3) is 0.188. The average molecular weight is 331 g/mol. The summed E-state index contributed by atoms with van der Waals surface area (Å²) in [7, 11) is -3.73. The largest absolute Gasteiger partial charge is 0.323 e. The Balaban J connectivity index is 2.01. The van der Waals surface area contributed by atoms with Crippen molar-refractivity contribution >= 4 is 26.7 Å². The molecule has 23 heavy (non-hydrogen) atoms. The summed E-state index contributed by atoms with van der Waals surface area (Å²) >= 11 is 0. The molecule has 0 aliphatic rings. The first-order valence-electron chi connectivity index (χ1n) is 7.23. The number of imidazole rings is 1. The van der Waals surface area contributed by atoms with Crippen molar-refractivity contribution in [2.75, 3.05) is 4.72 Å². The molecule has 1 heterocycles. The van der Waals surface area contributed by atoms with Crippen molar-refractivity contribution in [2.45, 2.75) is 25.2 Å². The van der Waals surface area contributed by atoms with E-state index in [1.807, 2.05) is 32.0 Å². The van der Waals surface area contributed by atoms with Gasteiger partial charge in [-0.15, -0.1) is 0 Å². The van der Waals surface area contributed by atoms with E-state index in [2.05, 4.69) is 14.7 Å². The number of benzene rings is 2. The SMILES string of the molecule is CCc1ccc(C)c(NS(=O)(=O)c2ccc3[nH]c(=O)[nH]c3c2)c1. The molecule has 2 aromatic carbocycles. The van der Waals surface area contributed by atoms with Gasteiger partial charge in [0.05, 0.1) is 21.6 Å². The summed E-state index contributed by atoms with van der Waals surface area (Å²) in [6.45, 7) is 3.86. The maximum atomic E-state index is 12.6. The highest BCUT2D eigenvalue weighted by Gasteiger charge is 2.16. The summed E-state index contributed by atoms with van der Waals surface area (Å²) in [5, 5.41) is 0. The molecule has 6 nitrogen and oxygen atoms in total. The van der Waals surface area contributed by atoms with Crippen molar-refractivity contribution in [3.8, 4) is 0 Å². The van der Waals surface area contributed by atoms with Crippen molar-refractivity contribution in [3.63, 3.8) is 0 Å². The van der Waals surface area contributed by atoms with Crippen LogP contribution in [0.2, 0.25) is 0 Å². The molecule has 0 spiro atoms. The molecule has 3 rings (SSSR count). The Labute approximate surface area is 133 Å². The molecule has 0 radical (unpaired) electrons. The van der Waals surface area contributed by atoms with Gasteiger partial charge in [0.2, 0.25) is 0 Å². The number of fused-ring (bicyclic) bond motifs is 1. The predicted molar refractivity (Wildman–Crippen MR) is 90.3 cm³/mol. The van der Waals surface area contributed by atoms with Crippen molar-refractivity contribution in [2.24, 2.45) is 0 Å². The monoisotopic (exact) mass is 331 g/mol. The van der Waals surface area contributed by atoms with E-state index in [9.17, 15) is 13.2 Å². The molecule has 0 aliphatic heterocycles. The van der Waals surface area contributed by atoms with Gasteiger partial charge >= 0.3 is 5.69 Å². The van der Waals surface area contributed by atoms with E-state index in [-0.39, 0.29) is 10.6 Å². The number of hydrogen-bond donors (Lipinski definition) is 3. The highest BCUT2D eigenvalue weighted by atomic mass is 32.2. The molecule has 0 aliphatic carbocycles. The summed E-state index contributed by atoms with van der Waals surface area (Å²) in [5.41, 5.74) is 3.12.